The zero-order valence-electron chi connectivity index (χ0n) is 11.7. The van der Waals surface area contributed by atoms with E-state index in [9.17, 15) is 4.79 Å². The molecule has 0 aliphatic heterocycles. The zero-order valence-corrected chi connectivity index (χ0v) is 11.7. The van der Waals surface area contributed by atoms with E-state index in [1.807, 2.05) is 6.07 Å². The fourth-order valence-electron chi connectivity index (χ4n) is 2.45. The Hall–Kier alpha value is -1.55. The van der Waals surface area contributed by atoms with Crippen molar-refractivity contribution in [2.45, 2.75) is 19.9 Å². The Morgan fingerprint density at radius 3 is 2.74 bits per heavy atom. The SMILES string of the molecule is COc1ccc(CN(C)CC2CC2C)cc1C(=O)O. The van der Waals surface area contributed by atoms with E-state index in [0.717, 1.165) is 30.5 Å². The fourth-order valence-corrected chi connectivity index (χ4v) is 2.45. The molecular formula is C15H21NO3. The predicted molar refractivity (Wildman–Crippen MR) is 73.6 cm³/mol. The summed E-state index contributed by atoms with van der Waals surface area (Å²) in [6, 6.07) is 5.36. The number of hydrogen-bond donors (Lipinski definition) is 1. The van der Waals surface area contributed by atoms with Gasteiger partial charge in [-0.2, -0.15) is 0 Å². The van der Waals surface area contributed by atoms with Gasteiger partial charge in [0.25, 0.3) is 0 Å². The van der Waals surface area contributed by atoms with Crippen LogP contribution in [0.3, 0.4) is 0 Å². The number of methoxy groups -OCH3 is 1. The molecule has 1 saturated carbocycles. The maximum Gasteiger partial charge on any atom is 0.339 e. The van der Waals surface area contributed by atoms with E-state index in [1.165, 1.54) is 13.5 Å². The number of aromatic carboxylic acids is 1. The number of rotatable bonds is 6. The Morgan fingerprint density at radius 1 is 1.53 bits per heavy atom. The molecule has 0 amide bonds. The van der Waals surface area contributed by atoms with E-state index in [-0.39, 0.29) is 5.56 Å². The number of nitrogens with zero attached hydrogens (tertiary/aromatic N) is 1. The Kier molecular flexibility index (Phi) is 4.10. The topological polar surface area (TPSA) is 49.8 Å². The van der Waals surface area contributed by atoms with Gasteiger partial charge in [-0.3, -0.25) is 0 Å². The number of hydrogen-bond acceptors (Lipinski definition) is 3. The number of carboxylic acid groups (broad SMARTS) is 1. The van der Waals surface area contributed by atoms with Gasteiger partial charge in [-0.25, -0.2) is 4.79 Å². The first kappa shape index (κ1) is 13.9. The van der Waals surface area contributed by atoms with Crippen molar-refractivity contribution < 1.29 is 14.6 Å². The molecule has 104 valence electrons. The third kappa shape index (κ3) is 3.47. The van der Waals surface area contributed by atoms with Gasteiger partial charge in [0.15, 0.2) is 0 Å². The number of carboxylic acids is 1. The van der Waals surface area contributed by atoms with Crippen LogP contribution in [0.25, 0.3) is 0 Å². The maximum absolute atomic E-state index is 11.2. The Balaban J connectivity index is 2.03. The number of ether oxygens (including phenoxy) is 1. The highest BCUT2D eigenvalue weighted by molar-refractivity contribution is 5.91. The van der Waals surface area contributed by atoms with E-state index < -0.39 is 5.97 Å². The quantitative estimate of drug-likeness (QED) is 0.856. The van der Waals surface area contributed by atoms with Crippen LogP contribution in [0, 0.1) is 11.8 Å². The summed E-state index contributed by atoms with van der Waals surface area (Å²) >= 11 is 0. The second kappa shape index (κ2) is 5.61. The highest BCUT2D eigenvalue weighted by Crippen LogP contribution is 2.38. The molecule has 0 aromatic heterocycles. The molecule has 0 spiro atoms. The molecule has 2 atom stereocenters. The van der Waals surface area contributed by atoms with Crippen LogP contribution in [0.4, 0.5) is 0 Å². The average molecular weight is 263 g/mol. The summed E-state index contributed by atoms with van der Waals surface area (Å²) < 4.78 is 5.06. The molecule has 1 aliphatic rings. The van der Waals surface area contributed by atoms with Crippen LogP contribution >= 0.6 is 0 Å². The average Bonchev–Trinajstić information content (AvgIpc) is 3.04. The van der Waals surface area contributed by atoms with Gasteiger partial charge in [0, 0.05) is 13.1 Å². The summed E-state index contributed by atoms with van der Waals surface area (Å²) in [6.45, 7) is 4.12. The molecule has 0 saturated heterocycles. The van der Waals surface area contributed by atoms with Crippen LogP contribution in [-0.4, -0.2) is 36.7 Å². The Morgan fingerprint density at radius 2 is 2.21 bits per heavy atom. The smallest absolute Gasteiger partial charge is 0.339 e. The lowest BCUT2D eigenvalue weighted by molar-refractivity contribution is 0.0693. The van der Waals surface area contributed by atoms with Crippen molar-refractivity contribution in [3.63, 3.8) is 0 Å². The molecule has 4 heteroatoms. The summed E-state index contributed by atoms with van der Waals surface area (Å²) in [6.07, 6.45) is 1.31. The lowest BCUT2D eigenvalue weighted by atomic mass is 10.1. The van der Waals surface area contributed by atoms with E-state index in [4.69, 9.17) is 9.84 Å². The molecule has 0 heterocycles. The van der Waals surface area contributed by atoms with E-state index in [2.05, 4.69) is 18.9 Å². The van der Waals surface area contributed by atoms with Gasteiger partial charge in [0.2, 0.25) is 0 Å². The first-order valence-electron chi connectivity index (χ1n) is 6.60. The molecule has 0 radical (unpaired) electrons. The second-order valence-electron chi connectivity index (χ2n) is 5.51. The van der Waals surface area contributed by atoms with Crippen molar-refractivity contribution in [1.29, 1.82) is 0 Å². The standard InChI is InChI=1S/C15H21NO3/c1-10-6-12(10)9-16(2)8-11-4-5-14(19-3)13(7-11)15(17)18/h4-5,7,10,12H,6,8-9H2,1-3H3,(H,17,18). The van der Waals surface area contributed by atoms with Crippen molar-refractivity contribution in [2.75, 3.05) is 20.7 Å². The van der Waals surface area contributed by atoms with Gasteiger partial charge in [0.05, 0.1) is 7.11 Å². The lowest BCUT2D eigenvalue weighted by Gasteiger charge is -2.17. The van der Waals surface area contributed by atoms with Crippen LogP contribution in [0.1, 0.15) is 29.3 Å². The van der Waals surface area contributed by atoms with Crippen molar-refractivity contribution in [1.82, 2.24) is 4.90 Å². The van der Waals surface area contributed by atoms with Crippen molar-refractivity contribution in [3.8, 4) is 5.75 Å². The molecule has 1 N–H and O–H groups in total. The third-order valence-electron chi connectivity index (χ3n) is 3.77. The lowest BCUT2D eigenvalue weighted by Crippen LogP contribution is -2.21. The zero-order chi connectivity index (χ0) is 14.0. The number of carbonyl (C=O) groups is 1. The third-order valence-corrected chi connectivity index (χ3v) is 3.77. The fraction of sp³-hybridized carbons (Fsp3) is 0.533. The summed E-state index contributed by atoms with van der Waals surface area (Å²) in [5.41, 5.74) is 1.24. The van der Waals surface area contributed by atoms with Gasteiger partial charge in [-0.05, 0) is 43.0 Å². The summed E-state index contributed by atoms with van der Waals surface area (Å²) in [5, 5.41) is 9.15. The van der Waals surface area contributed by atoms with Crippen LogP contribution < -0.4 is 4.74 Å². The first-order chi connectivity index (χ1) is 9.01. The van der Waals surface area contributed by atoms with E-state index in [0.29, 0.717) is 5.75 Å². The van der Waals surface area contributed by atoms with Crippen molar-refractivity contribution in [2.24, 2.45) is 11.8 Å². The van der Waals surface area contributed by atoms with Crippen LogP contribution in [0.15, 0.2) is 18.2 Å². The van der Waals surface area contributed by atoms with Gasteiger partial charge in [0.1, 0.15) is 11.3 Å². The Labute approximate surface area is 114 Å². The largest absolute Gasteiger partial charge is 0.496 e. The van der Waals surface area contributed by atoms with Crippen molar-refractivity contribution in [3.05, 3.63) is 29.3 Å². The minimum atomic E-state index is -0.947. The molecule has 19 heavy (non-hydrogen) atoms. The minimum Gasteiger partial charge on any atom is -0.496 e. The summed E-state index contributed by atoms with van der Waals surface area (Å²) in [7, 11) is 3.57. The molecule has 1 aromatic rings. The van der Waals surface area contributed by atoms with Gasteiger partial charge in [-0.1, -0.05) is 13.0 Å². The minimum absolute atomic E-state index is 0.230. The van der Waals surface area contributed by atoms with E-state index in [1.54, 1.807) is 12.1 Å². The first-order valence-corrected chi connectivity index (χ1v) is 6.60. The predicted octanol–water partition coefficient (Wildman–Crippen LogP) is 2.48. The van der Waals surface area contributed by atoms with E-state index >= 15 is 0 Å². The molecule has 1 fully saturated rings. The second-order valence-corrected chi connectivity index (χ2v) is 5.51. The van der Waals surface area contributed by atoms with Crippen LogP contribution in [0.2, 0.25) is 0 Å². The van der Waals surface area contributed by atoms with Gasteiger partial charge in [-0.15, -0.1) is 0 Å². The molecule has 1 aliphatic carbocycles. The normalized spacial score (nSPS) is 21.5. The highest BCUT2D eigenvalue weighted by Gasteiger charge is 2.33. The van der Waals surface area contributed by atoms with Crippen LogP contribution in [-0.2, 0) is 6.54 Å². The van der Waals surface area contributed by atoms with Crippen molar-refractivity contribution >= 4 is 5.97 Å². The Bertz CT molecular complexity index is 472. The molecule has 4 nitrogen and oxygen atoms in total. The molecular weight excluding hydrogens is 242 g/mol. The molecule has 2 unspecified atom stereocenters. The van der Waals surface area contributed by atoms with Crippen LogP contribution in [0.5, 0.6) is 5.75 Å². The molecule has 2 rings (SSSR count). The summed E-state index contributed by atoms with van der Waals surface area (Å²) in [5.74, 6) is 1.11. The van der Waals surface area contributed by atoms with Gasteiger partial charge < -0.3 is 14.7 Å². The summed E-state index contributed by atoms with van der Waals surface area (Å²) in [4.78, 5) is 13.4. The molecule has 0 bridgehead atoms. The number of benzene rings is 1. The molecule has 1 aromatic carbocycles. The monoisotopic (exact) mass is 263 g/mol. The van der Waals surface area contributed by atoms with Gasteiger partial charge >= 0.3 is 5.97 Å². The highest BCUT2D eigenvalue weighted by atomic mass is 16.5. The maximum atomic E-state index is 11.2.